The monoisotopic (exact) mass is 1470 g/mol. The van der Waals surface area contributed by atoms with Crippen LogP contribution in [0.15, 0.2) is 238 Å². The van der Waals surface area contributed by atoms with Gasteiger partial charge in [-0.05, 0) is 219 Å². The molecule has 4 aliphatic rings. The maximum Gasteiger partial charge on any atom is 0.175 e. The summed E-state index contributed by atoms with van der Waals surface area (Å²) in [6.07, 6.45) is 21.7. The van der Waals surface area contributed by atoms with Gasteiger partial charge in [0.15, 0.2) is 9.84 Å². The zero-order valence-electron chi connectivity index (χ0n) is 59.9. The van der Waals surface area contributed by atoms with Crippen LogP contribution in [-0.2, 0) is 61.2 Å². The van der Waals surface area contributed by atoms with Crippen molar-refractivity contribution in [2.75, 3.05) is 58.6 Å². The molecule has 17 rings (SSSR count). The molecule has 546 valence electrons. The van der Waals surface area contributed by atoms with E-state index in [1.165, 1.54) is 36.8 Å². The lowest BCUT2D eigenvalue weighted by atomic mass is 9.96. The van der Waals surface area contributed by atoms with E-state index in [1.54, 1.807) is 61.3 Å². The predicted molar refractivity (Wildman–Crippen MR) is 417 cm³/mol. The standard InChI is InChI=1S/C23H20FN3O.C23H22FN3O.C21H17FN2O.C20H19FN2O3S/c24-21-5-3-4-20(23-25-9-10-26-23)19(21)7-6-16-14-18(27-11-1-2-12-27)15-17-8-13-28-22(16)17;1-15(2)27-10-9-26-23(27)20-4-3-5-21(24)19(20)7-6-17-12-16(14-25)13-18-8-11-28-22(17)18;1-2-14-12-15(20-16(13-14)8-11-25-20)6-7-17-18(4-3-5-19(17)22)21-23-9-10-24-21;1-27(24,25)15-11-13(19-14(12-15)7-10-26-19)5-6-16-17(3-2-4-18(16)21)20-22-8-9-23-20/h1-5,8,11-15H,6-7,9-10H2,(H,25,26);3-5,8,11-13,15H,6-7,9-10H2,1-2H3;1,3-5,8,11-13H,6-7,9-10H2,(H,23,24);2-4,7,10-12H,5-6,8-9H2,1H3,(H,22,23). The number of terminal acetylenes is 1. The second-order valence-electron chi connectivity index (χ2n) is 27.0. The third-order valence-electron chi connectivity index (χ3n) is 19.7. The van der Waals surface area contributed by atoms with Crippen LogP contribution in [0.2, 0.25) is 0 Å². The number of benzene rings is 8. The number of nitrogens with zero attached hydrogens (tertiary/aromatic N) is 7. The molecular formula is C87H78F4N10O6S. The molecule has 21 heteroatoms. The van der Waals surface area contributed by atoms with Gasteiger partial charge in [0.25, 0.3) is 0 Å². The molecule has 0 aliphatic carbocycles. The van der Waals surface area contributed by atoms with E-state index in [0.717, 1.165) is 157 Å². The Morgan fingerprint density at radius 3 is 1.27 bits per heavy atom. The Kier molecular flexibility index (Phi) is 22.0. The summed E-state index contributed by atoms with van der Waals surface area (Å²) in [5.74, 6) is 4.90. The third-order valence-corrected chi connectivity index (χ3v) is 20.8. The number of sulfone groups is 1. The normalized spacial score (nSPS) is 13.9. The highest BCUT2D eigenvalue weighted by Crippen LogP contribution is 2.33. The molecule has 0 amide bonds. The van der Waals surface area contributed by atoms with Crippen molar-refractivity contribution < 1.29 is 43.6 Å². The number of furan rings is 4. The summed E-state index contributed by atoms with van der Waals surface area (Å²) in [5, 5.41) is 22.6. The minimum absolute atomic E-state index is 0.189. The quantitative estimate of drug-likeness (QED) is 0.0513. The number of aliphatic imine (C=N–C) groups is 4. The SMILES string of the molecule is C#Cc1cc(CCc2c(F)cccc2C2=NCCN2)c2occc2c1.CC(C)N1CCN=C1c1cccc(F)c1CCc1cc(C#N)cc2ccoc12.CS(=O)(=O)c1cc(CCc2c(F)cccc2C2=NCCN2)c2occc2c1.Fc1cccc(C2=NCCN2)c1CCc1cc(-n2cccc2)cc2ccoc12. The molecule has 0 unspecified atom stereocenters. The molecule has 5 aromatic heterocycles. The van der Waals surface area contributed by atoms with Crippen LogP contribution in [0.3, 0.4) is 0 Å². The summed E-state index contributed by atoms with van der Waals surface area (Å²) in [6.45, 7) is 10.3. The molecule has 0 radical (unpaired) electrons. The molecule has 13 aromatic rings. The molecule has 0 saturated carbocycles. The zero-order valence-corrected chi connectivity index (χ0v) is 60.8. The minimum atomic E-state index is -3.35. The van der Waals surface area contributed by atoms with E-state index in [0.29, 0.717) is 103 Å². The number of hydrogen-bond acceptors (Lipinski definition) is 15. The predicted octanol–water partition coefficient (Wildman–Crippen LogP) is 16.0. The van der Waals surface area contributed by atoms with Crippen LogP contribution in [0.1, 0.15) is 91.7 Å². The molecule has 16 nitrogen and oxygen atoms in total. The number of amidine groups is 4. The Labute approximate surface area is 623 Å². The van der Waals surface area contributed by atoms with E-state index in [1.807, 2.05) is 91.3 Å². The number of halogens is 4. The Hall–Kier alpha value is -12.2. The molecule has 3 N–H and O–H groups in total. The first-order valence-electron chi connectivity index (χ1n) is 36.0. The highest BCUT2D eigenvalue weighted by Gasteiger charge is 2.26. The molecule has 4 aliphatic heterocycles. The number of nitrogens with one attached hydrogen (secondary N) is 3. The van der Waals surface area contributed by atoms with Gasteiger partial charge in [-0.25, -0.2) is 26.0 Å². The molecular weight excluding hydrogens is 1390 g/mol. The Morgan fingerprint density at radius 2 is 0.861 bits per heavy atom. The first-order chi connectivity index (χ1) is 52.6. The number of aromatic nitrogens is 1. The Balaban J connectivity index is 0.000000121. The summed E-state index contributed by atoms with van der Waals surface area (Å²) in [7, 11) is -3.35. The van der Waals surface area contributed by atoms with Gasteiger partial charge < -0.3 is 43.1 Å². The smallest absolute Gasteiger partial charge is 0.175 e. The van der Waals surface area contributed by atoms with Crippen LogP contribution in [0, 0.1) is 46.9 Å². The van der Waals surface area contributed by atoms with Gasteiger partial charge in [-0.15, -0.1) is 6.42 Å². The lowest BCUT2D eigenvalue weighted by Crippen LogP contribution is -2.35. The van der Waals surface area contributed by atoms with E-state index in [2.05, 4.69) is 83.4 Å². The highest BCUT2D eigenvalue weighted by molar-refractivity contribution is 7.90. The van der Waals surface area contributed by atoms with E-state index < -0.39 is 9.84 Å². The first kappa shape index (κ1) is 72.7. The van der Waals surface area contributed by atoms with Crippen LogP contribution in [0.5, 0.6) is 0 Å². The van der Waals surface area contributed by atoms with Crippen LogP contribution in [0.4, 0.5) is 17.6 Å². The van der Waals surface area contributed by atoms with Gasteiger partial charge in [0.2, 0.25) is 0 Å². The largest absolute Gasteiger partial charge is 0.464 e. The van der Waals surface area contributed by atoms with Gasteiger partial charge in [0.05, 0.1) is 67.8 Å². The molecule has 0 saturated heterocycles. The third kappa shape index (κ3) is 16.1. The summed E-state index contributed by atoms with van der Waals surface area (Å²) >= 11 is 0. The van der Waals surface area contributed by atoms with Gasteiger partial charge in [-0.1, -0.05) is 54.5 Å². The lowest BCUT2D eigenvalue weighted by molar-refractivity contribution is 0.381. The second kappa shape index (κ2) is 32.7. The maximum atomic E-state index is 14.8. The van der Waals surface area contributed by atoms with Crippen molar-refractivity contribution in [2.24, 2.45) is 20.0 Å². The number of nitriles is 1. The minimum Gasteiger partial charge on any atom is -0.464 e. The van der Waals surface area contributed by atoms with E-state index in [9.17, 15) is 31.2 Å². The van der Waals surface area contributed by atoms with Crippen molar-refractivity contribution in [3.05, 3.63) is 296 Å². The van der Waals surface area contributed by atoms with Crippen molar-refractivity contribution in [3.8, 4) is 24.1 Å². The van der Waals surface area contributed by atoms with E-state index in [4.69, 9.17) is 24.1 Å². The van der Waals surface area contributed by atoms with Gasteiger partial charge in [-0.3, -0.25) is 20.0 Å². The fraction of sp³-hybridized carbons (Fsp3) is 0.230. The van der Waals surface area contributed by atoms with Crippen molar-refractivity contribution in [1.82, 2.24) is 25.4 Å². The number of fused-ring (bicyclic) bond motifs is 4. The molecule has 108 heavy (non-hydrogen) atoms. The number of hydrogen-bond donors (Lipinski definition) is 3. The zero-order chi connectivity index (χ0) is 74.8. The van der Waals surface area contributed by atoms with Crippen molar-refractivity contribution in [2.45, 2.75) is 76.2 Å². The second-order valence-corrected chi connectivity index (χ2v) is 29.0. The lowest BCUT2D eigenvalue weighted by Gasteiger charge is -2.26. The van der Waals surface area contributed by atoms with E-state index in [-0.39, 0.29) is 28.2 Å². The van der Waals surface area contributed by atoms with Gasteiger partial charge in [-0.2, -0.15) is 5.26 Å². The van der Waals surface area contributed by atoms with Crippen LogP contribution in [-0.4, -0.2) is 106 Å². The summed E-state index contributed by atoms with van der Waals surface area (Å²) in [4.78, 5) is 20.4. The number of aryl methyl sites for hydroxylation is 4. The average Bonchev–Trinajstić information content (AvgIpc) is 1.55. The topological polar surface area (TPSA) is 204 Å². The van der Waals surface area contributed by atoms with Crippen LogP contribution < -0.4 is 16.0 Å². The Bertz CT molecular complexity index is 5830. The number of rotatable bonds is 19. The molecule has 8 aromatic carbocycles. The van der Waals surface area contributed by atoms with Crippen LogP contribution in [0.25, 0.3) is 49.6 Å². The maximum absolute atomic E-state index is 14.8. The fourth-order valence-corrected chi connectivity index (χ4v) is 15.1. The van der Waals surface area contributed by atoms with Crippen molar-refractivity contribution in [1.29, 1.82) is 5.26 Å². The van der Waals surface area contributed by atoms with E-state index >= 15 is 0 Å². The summed E-state index contributed by atoms with van der Waals surface area (Å²) in [5.41, 5.74) is 15.2. The average molecular weight is 1470 g/mol. The Morgan fingerprint density at radius 1 is 0.472 bits per heavy atom. The molecule has 0 atom stereocenters. The summed E-state index contributed by atoms with van der Waals surface area (Å²) in [6, 6.07) is 49.4. The first-order valence-corrected chi connectivity index (χ1v) is 37.9. The summed E-state index contributed by atoms with van der Waals surface area (Å²) < 4.78 is 107. The van der Waals surface area contributed by atoms with Gasteiger partial charge >= 0.3 is 0 Å². The van der Waals surface area contributed by atoms with Crippen LogP contribution >= 0.6 is 0 Å². The van der Waals surface area contributed by atoms with Crippen molar-refractivity contribution >= 4 is 77.1 Å². The molecule has 0 bridgehead atoms. The fourth-order valence-electron chi connectivity index (χ4n) is 14.4. The highest BCUT2D eigenvalue weighted by atomic mass is 32.2. The van der Waals surface area contributed by atoms with Crippen molar-refractivity contribution in [3.63, 3.8) is 0 Å². The molecule has 0 spiro atoms. The molecule has 0 fully saturated rings. The van der Waals surface area contributed by atoms with Gasteiger partial charge in [0, 0.05) is 106 Å². The molecule has 9 heterocycles. The van der Waals surface area contributed by atoms with Gasteiger partial charge in [0.1, 0.15) is 68.9 Å².